The molecule has 1 N–H and O–H groups in total. The van der Waals surface area contributed by atoms with Crippen LogP contribution >= 0.6 is 11.6 Å². The molecule has 19 heavy (non-hydrogen) atoms. The summed E-state index contributed by atoms with van der Waals surface area (Å²) in [6, 6.07) is 0.227. The summed E-state index contributed by atoms with van der Waals surface area (Å²) in [7, 11) is -3.10. The highest BCUT2D eigenvalue weighted by Gasteiger charge is 2.54. The Balaban J connectivity index is 1.57. The van der Waals surface area contributed by atoms with Gasteiger partial charge in [-0.25, -0.2) is 13.1 Å². The second-order valence-corrected chi connectivity index (χ2v) is 8.84. The molecule has 3 fully saturated rings. The van der Waals surface area contributed by atoms with Gasteiger partial charge in [0.15, 0.2) is 0 Å². The minimum absolute atomic E-state index is 0.227. The van der Waals surface area contributed by atoms with Crippen molar-refractivity contribution >= 4 is 21.6 Å². The van der Waals surface area contributed by atoms with Gasteiger partial charge in [0.2, 0.25) is 10.0 Å². The van der Waals surface area contributed by atoms with E-state index in [1.165, 1.54) is 25.7 Å². The number of unbranched alkanes of at least 4 members (excludes halogenated alkanes) is 1. The number of hydrogen-bond donors (Lipinski definition) is 1. The van der Waals surface area contributed by atoms with Crippen LogP contribution in [0.2, 0.25) is 0 Å². The van der Waals surface area contributed by atoms with Crippen LogP contribution in [0.5, 0.6) is 0 Å². The molecule has 5 unspecified atom stereocenters. The summed E-state index contributed by atoms with van der Waals surface area (Å²) in [5.41, 5.74) is 0. The zero-order valence-corrected chi connectivity index (χ0v) is 12.9. The quantitative estimate of drug-likeness (QED) is 0.606. The molecule has 110 valence electrons. The highest BCUT2D eigenvalue weighted by molar-refractivity contribution is 7.89. The van der Waals surface area contributed by atoms with E-state index in [4.69, 9.17) is 11.6 Å². The standard InChI is InChI=1S/C14H24ClNO2S/c15-6-1-2-7-19(17,18)16-14-9-10-8-13(14)12-5-3-4-11(10)12/h10-14,16H,1-9H2. The molecule has 3 aliphatic rings. The summed E-state index contributed by atoms with van der Waals surface area (Å²) in [6.45, 7) is 0. The maximum Gasteiger partial charge on any atom is 0.211 e. The Hall–Kier alpha value is 0.200. The first-order valence-corrected chi connectivity index (χ1v) is 9.85. The predicted octanol–water partition coefficient (Wildman–Crippen LogP) is 2.75. The summed E-state index contributed by atoms with van der Waals surface area (Å²) < 4.78 is 27.1. The largest absolute Gasteiger partial charge is 0.212 e. The fraction of sp³-hybridized carbons (Fsp3) is 1.00. The average molecular weight is 306 g/mol. The molecule has 0 aromatic rings. The number of hydrogen-bond acceptors (Lipinski definition) is 2. The smallest absolute Gasteiger partial charge is 0.211 e. The molecule has 0 aliphatic heterocycles. The first kappa shape index (κ1) is 14.2. The Bertz CT molecular complexity index is 425. The van der Waals surface area contributed by atoms with Crippen molar-refractivity contribution in [2.24, 2.45) is 23.7 Å². The highest BCUT2D eigenvalue weighted by atomic mass is 35.5. The van der Waals surface area contributed by atoms with Gasteiger partial charge in [0.05, 0.1) is 5.75 Å². The molecule has 3 saturated carbocycles. The van der Waals surface area contributed by atoms with Crippen LogP contribution in [-0.2, 0) is 10.0 Å². The van der Waals surface area contributed by atoms with Gasteiger partial charge in [-0.3, -0.25) is 0 Å². The lowest BCUT2D eigenvalue weighted by Gasteiger charge is -2.31. The third kappa shape index (κ3) is 2.81. The molecule has 5 atom stereocenters. The molecule has 0 saturated heterocycles. The molecule has 0 spiro atoms. The van der Waals surface area contributed by atoms with Crippen molar-refractivity contribution in [1.82, 2.24) is 4.72 Å². The summed E-state index contributed by atoms with van der Waals surface area (Å²) in [4.78, 5) is 0. The Morgan fingerprint density at radius 2 is 1.84 bits per heavy atom. The molecule has 5 heteroatoms. The molecule has 0 radical (unpaired) electrons. The monoisotopic (exact) mass is 305 g/mol. The number of sulfonamides is 1. The molecule has 0 aromatic carbocycles. The summed E-state index contributed by atoms with van der Waals surface area (Å²) >= 11 is 5.60. The molecule has 2 bridgehead atoms. The molecule has 3 aliphatic carbocycles. The molecular weight excluding hydrogens is 282 g/mol. The van der Waals surface area contributed by atoms with Crippen LogP contribution < -0.4 is 4.72 Å². The van der Waals surface area contributed by atoms with Gasteiger partial charge in [-0.2, -0.15) is 0 Å². The molecule has 3 nitrogen and oxygen atoms in total. The van der Waals surface area contributed by atoms with Crippen molar-refractivity contribution in [2.45, 2.75) is 51.0 Å². The minimum Gasteiger partial charge on any atom is -0.212 e. The van der Waals surface area contributed by atoms with Crippen LogP contribution in [0.3, 0.4) is 0 Å². The van der Waals surface area contributed by atoms with Gasteiger partial charge in [-0.05, 0) is 62.2 Å². The van der Waals surface area contributed by atoms with Gasteiger partial charge in [0.25, 0.3) is 0 Å². The highest BCUT2D eigenvalue weighted by Crippen LogP contribution is 2.58. The minimum atomic E-state index is -3.10. The van der Waals surface area contributed by atoms with E-state index >= 15 is 0 Å². The Kier molecular flexibility index (Phi) is 4.12. The van der Waals surface area contributed by atoms with Crippen LogP contribution in [0.15, 0.2) is 0 Å². The van der Waals surface area contributed by atoms with Crippen molar-refractivity contribution in [2.75, 3.05) is 11.6 Å². The van der Waals surface area contributed by atoms with Gasteiger partial charge in [0.1, 0.15) is 0 Å². The SMILES string of the molecule is O=S(=O)(CCCCCl)NC1CC2CC1C1CCCC21. The van der Waals surface area contributed by atoms with E-state index in [9.17, 15) is 8.42 Å². The van der Waals surface area contributed by atoms with Gasteiger partial charge in [0, 0.05) is 11.9 Å². The first-order valence-electron chi connectivity index (χ1n) is 7.66. The van der Waals surface area contributed by atoms with Crippen LogP contribution in [-0.4, -0.2) is 26.1 Å². The number of rotatable bonds is 6. The van der Waals surface area contributed by atoms with Gasteiger partial charge in [-0.1, -0.05) is 6.42 Å². The van der Waals surface area contributed by atoms with Gasteiger partial charge >= 0.3 is 0 Å². The van der Waals surface area contributed by atoms with Gasteiger partial charge < -0.3 is 0 Å². The second kappa shape index (κ2) is 5.53. The Morgan fingerprint density at radius 3 is 2.63 bits per heavy atom. The fourth-order valence-electron chi connectivity index (χ4n) is 4.88. The topological polar surface area (TPSA) is 46.2 Å². The number of fused-ring (bicyclic) bond motifs is 5. The van der Waals surface area contributed by atoms with E-state index in [2.05, 4.69) is 4.72 Å². The summed E-state index contributed by atoms with van der Waals surface area (Å²) in [5, 5.41) is 0. The maximum absolute atomic E-state index is 12.1. The lowest BCUT2D eigenvalue weighted by Crippen LogP contribution is -2.43. The first-order chi connectivity index (χ1) is 9.11. The molecule has 0 heterocycles. The average Bonchev–Trinajstić information content (AvgIpc) is 2.98. The maximum atomic E-state index is 12.1. The van der Waals surface area contributed by atoms with Crippen molar-refractivity contribution in [3.05, 3.63) is 0 Å². The number of alkyl halides is 1. The number of nitrogens with one attached hydrogen (secondary N) is 1. The molecular formula is C14H24ClNO2S. The van der Waals surface area contributed by atoms with Crippen LogP contribution in [0, 0.1) is 23.7 Å². The molecule has 0 amide bonds. The third-order valence-electron chi connectivity index (χ3n) is 5.56. The zero-order chi connectivity index (χ0) is 13.5. The van der Waals surface area contributed by atoms with Crippen molar-refractivity contribution in [3.8, 4) is 0 Å². The summed E-state index contributed by atoms with van der Waals surface area (Å²) in [5.74, 6) is 3.94. The normalized spacial score (nSPS) is 40.8. The zero-order valence-electron chi connectivity index (χ0n) is 11.4. The molecule has 3 rings (SSSR count). The van der Waals surface area contributed by atoms with Crippen LogP contribution in [0.25, 0.3) is 0 Å². The summed E-state index contributed by atoms with van der Waals surface area (Å²) in [6.07, 6.45) is 7.88. The number of halogens is 1. The fourth-order valence-corrected chi connectivity index (χ4v) is 6.50. The van der Waals surface area contributed by atoms with Crippen molar-refractivity contribution in [1.29, 1.82) is 0 Å². The van der Waals surface area contributed by atoms with Crippen molar-refractivity contribution in [3.63, 3.8) is 0 Å². The Morgan fingerprint density at radius 1 is 1.05 bits per heavy atom. The lowest BCUT2D eigenvalue weighted by molar-refractivity contribution is 0.224. The van der Waals surface area contributed by atoms with E-state index in [0.29, 0.717) is 18.2 Å². The van der Waals surface area contributed by atoms with E-state index in [1.807, 2.05) is 0 Å². The van der Waals surface area contributed by atoms with Crippen molar-refractivity contribution < 1.29 is 8.42 Å². The van der Waals surface area contributed by atoms with Crippen LogP contribution in [0.4, 0.5) is 0 Å². The third-order valence-corrected chi connectivity index (χ3v) is 7.31. The predicted molar refractivity (Wildman–Crippen MR) is 77.7 cm³/mol. The molecule has 0 aromatic heterocycles. The van der Waals surface area contributed by atoms with Crippen LogP contribution in [0.1, 0.15) is 44.9 Å². The Labute approximate surface area is 121 Å². The van der Waals surface area contributed by atoms with E-state index in [1.54, 1.807) is 0 Å². The lowest BCUT2D eigenvalue weighted by atomic mass is 9.79. The second-order valence-electron chi connectivity index (χ2n) is 6.59. The van der Waals surface area contributed by atoms with E-state index < -0.39 is 10.0 Å². The van der Waals surface area contributed by atoms with E-state index in [-0.39, 0.29) is 11.8 Å². The van der Waals surface area contributed by atoms with Gasteiger partial charge in [-0.15, -0.1) is 11.6 Å². The van der Waals surface area contributed by atoms with E-state index in [0.717, 1.165) is 30.6 Å².